The van der Waals surface area contributed by atoms with Gasteiger partial charge in [0.2, 0.25) is 5.88 Å². The molecule has 5 heterocycles. The van der Waals surface area contributed by atoms with E-state index < -0.39 is 29.2 Å². The van der Waals surface area contributed by atoms with E-state index >= 15 is 0 Å². The fourth-order valence-electron chi connectivity index (χ4n) is 5.54. The third-order valence-corrected chi connectivity index (χ3v) is 9.75. The summed E-state index contributed by atoms with van der Waals surface area (Å²) in [7, 11) is 1.50. The van der Waals surface area contributed by atoms with Crippen LogP contribution in [-0.2, 0) is 24.0 Å². The van der Waals surface area contributed by atoms with Gasteiger partial charge in [0, 0.05) is 29.3 Å². The Labute approximate surface area is 260 Å². The number of nitrogens with one attached hydrogen (secondary N) is 1. The number of oxime groups is 1. The Hall–Kier alpha value is -4.44. The summed E-state index contributed by atoms with van der Waals surface area (Å²) < 4.78 is 5.08. The fourth-order valence-corrected chi connectivity index (χ4v) is 7.40. The molecule has 0 spiro atoms. The van der Waals surface area contributed by atoms with E-state index in [0.29, 0.717) is 35.7 Å². The van der Waals surface area contributed by atoms with Gasteiger partial charge in [0.1, 0.15) is 28.9 Å². The van der Waals surface area contributed by atoms with Crippen molar-refractivity contribution in [1.29, 1.82) is 0 Å². The molecule has 16 heteroatoms. The van der Waals surface area contributed by atoms with E-state index in [9.17, 15) is 24.3 Å². The molecule has 2 atom stereocenters. The molecule has 3 fully saturated rings. The van der Waals surface area contributed by atoms with E-state index in [1.54, 1.807) is 28.5 Å². The summed E-state index contributed by atoms with van der Waals surface area (Å²) in [5, 5.41) is 18.1. The van der Waals surface area contributed by atoms with Crippen LogP contribution in [0.2, 0.25) is 0 Å². The average molecular weight is 640 g/mol. The minimum atomic E-state index is -1.30. The molecule has 4 aliphatic rings. The van der Waals surface area contributed by atoms with Crippen molar-refractivity contribution in [2.45, 2.75) is 49.6 Å². The normalized spacial score (nSPS) is 23.2. The number of aliphatic carboxylic acids is 1. The number of β-lactam (4-membered cyclic amide) rings is 1. The van der Waals surface area contributed by atoms with Crippen molar-refractivity contribution < 1.29 is 33.9 Å². The molecule has 44 heavy (non-hydrogen) atoms. The van der Waals surface area contributed by atoms with E-state index in [4.69, 9.17) is 15.3 Å². The number of fused-ring (bicyclic) bond motifs is 1. The lowest BCUT2D eigenvalue weighted by atomic mass is 10.0. The number of nitrogens with zero attached hydrogens (tertiary/aromatic N) is 5. The van der Waals surface area contributed by atoms with Crippen LogP contribution >= 0.6 is 23.1 Å². The highest BCUT2D eigenvalue weighted by Gasteiger charge is 2.54. The van der Waals surface area contributed by atoms with Crippen molar-refractivity contribution >= 4 is 63.3 Å². The molecule has 0 unspecified atom stereocenters. The first-order chi connectivity index (χ1) is 21.2. The third kappa shape index (κ3) is 5.61. The number of thiazole rings is 1. The molecule has 0 aromatic carbocycles. The molecule has 0 radical (unpaired) electrons. The molecule has 2 aromatic rings. The number of carboxylic acid groups (broad SMARTS) is 1. The van der Waals surface area contributed by atoms with Crippen LogP contribution in [0.15, 0.2) is 51.8 Å². The number of ether oxygens (including phenoxy) is 1. The van der Waals surface area contributed by atoms with Gasteiger partial charge in [-0.1, -0.05) is 5.16 Å². The van der Waals surface area contributed by atoms with E-state index in [1.165, 1.54) is 25.1 Å². The molecule has 3 amide bonds. The van der Waals surface area contributed by atoms with Gasteiger partial charge in [-0.05, 0) is 49.8 Å². The summed E-state index contributed by atoms with van der Waals surface area (Å²) >= 11 is 2.44. The number of nitrogens with two attached hydrogens (primary N) is 1. The number of carbonyl (C=O) groups excluding carboxylic acids is 3. The summed E-state index contributed by atoms with van der Waals surface area (Å²) in [6, 6.07) is 2.39. The van der Waals surface area contributed by atoms with Gasteiger partial charge in [-0.25, -0.2) is 14.8 Å². The molecule has 230 valence electrons. The molecule has 3 aliphatic heterocycles. The number of pyridine rings is 1. The van der Waals surface area contributed by atoms with Crippen molar-refractivity contribution in [1.82, 2.24) is 20.2 Å². The van der Waals surface area contributed by atoms with Gasteiger partial charge in [-0.15, -0.1) is 23.1 Å². The Morgan fingerprint density at radius 1 is 1.25 bits per heavy atom. The fraction of sp³-hybridized carbons (Fsp3) is 0.393. The van der Waals surface area contributed by atoms with Crippen molar-refractivity contribution in [2.75, 3.05) is 30.0 Å². The minimum absolute atomic E-state index is 0.104. The maximum atomic E-state index is 13.3. The van der Waals surface area contributed by atoms with E-state index in [2.05, 4.69) is 20.4 Å². The van der Waals surface area contributed by atoms with Gasteiger partial charge < -0.3 is 30.6 Å². The number of anilines is 2. The van der Waals surface area contributed by atoms with Crippen molar-refractivity contribution in [3.63, 3.8) is 0 Å². The second kappa shape index (κ2) is 12.3. The second-order valence-electron chi connectivity index (χ2n) is 10.5. The minimum Gasteiger partial charge on any atom is -0.481 e. The summed E-state index contributed by atoms with van der Waals surface area (Å²) in [5.41, 5.74) is 7.06. The third-order valence-electron chi connectivity index (χ3n) is 7.78. The second-order valence-corrected chi connectivity index (χ2v) is 12.5. The number of carboxylic acids is 1. The quantitative estimate of drug-likeness (QED) is 0.157. The summed E-state index contributed by atoms with van der Waals surface area (Å²) in [5.74, 6) is -2.18. The Bertz CT molecular complexity index is 1600. The molecular formula is C28H29N7O7S2. The summed E-state index contributed by atoms with van der Waals surface area (Å²) in [6.45, 7) is 0.403. The highest BCUT2D eigenvalue weighted by Crippen LogP contribution is 2.41. The predicted molar refractivity (Wildman–Crippen MR) is 162 cm³/mol. The Morgan fingerprint density at radius 3 is 2.70 bits per heavy atom. The summed E-state index contributed by atoms with van der Waals surface area (Å²) in [6.07, 6.45) is 7.08. The number of hydrogen-bond acceptors (Lipinski definition) is 12. The van der Waals surface area contributed by atoms with Gasteiger partial charge in [-0.3, -0.25) is 19.3 Å². The molecule has 4 N–H and O–H groups in total. The lowest BCUT2D eigenvalue weighted by molar-refractivity contribution is -0.150. The lowest BCUT2D eigenvalue weighted by Crippen LogP contribution is -2.71. The van der Waals surface area contributed by atoms with Gasteiger partial charge in [0.15, 0.2) is 10.8 Å². The van der Waals surface area contributed by atoms with Crippen LogP contribution in [0.4, 0.5) is 10.8 Å². The Kier molecular flexibility index (Phi) is 8.27. The first-order valence-electron chi connectivity index (χ1n) is 13.9. The van der Waals surface area contributed by atoms with E-state index in [0.717, 1.165) is 41.9 Å². The topological polar surface area (TPSA) is 190 Å². The first-order valence-corrected chi connectivity index (χ1v) is 15.9. The van der Waals surface area contributed by atoms with Crippen LogP contribution < -0.4 is 20.7 Å². The number of methoxy groups -OCH3 is 1. The highest BCUT2D eigenvalue weighted by molar-refractivity contribution is 8.00. The monoisotopic (exact) mass is 639 g/mol. The zero-order valence-electron chi connectivity index (χ0n) is 23.6. The molecular weight excluding hydrogens is 610 g/mol. The SMILES string of the molecule is COc1ccc(N2CCC(=CC3=C(C(=O)O)N4C(=O)[C@@H](NC(=O)/C(=N\OC5CCCC5)c5csc(N)n5)[C@H]4SC3)C2=O)cn1. The maximum absolute atomic E-state index is 13.3. The largest absolute Gasteiger partial charge is 0.481 e. The average Bonchev–Trinajstić information content (AvgIpc) is 3.78. The number of rotatable bonds is 9. The van der Waals surface area contributed by atoms with Crippen LogP contribution in [0.1, 0.15) is 37.8 Å². The van der Waals surface area contributed by atoms with Crippen LogP contribution in [0, 0.1) is 0 Å². The maximum Gasteiger partial charge on any atom is 0.352 e. The lowest BCUT2D eigenvalue weighted by Gasteiger charge is -2.49. The smallest absolute Gasteiger partial charge is 0.352 e. The highest BCUT2D eigenvalue weighted by atomic mass is 32.2. The zero-order valence-corrected chi connectivity index (χ0v) is 25.2. The first kappa shape index (κ1) is 29.6. The van der Waals surface area contributed by atoms with Crippen LogP contribution in [0.25, 0.3) is 0 Å². The molecule has 2 saturated heterocycles. The molecule has 1 aliphatic carbocycles. The number of carbonyl (C=O) groups is 4. The van der Waals surface area contributed by atoms with Crippen LogP contribution in [0.5, 0.6) is 5.88 Å². The van der Waals surface area contributed by atoms with Crippen molar-refractivity contribution in [3.8, 4) is 5.88 Å². The Balaban J connectivity index is 1.19. The molecule has 6 rings (SSSR count). The number of hydrogen-bond donors (Lipinski definition) is 3. The standard InChI is InChI=1S/C28H29N7O7S2/c1-41-19-7-6-16(11-30-19)34-9-8-14(24(34)37)10-15-12-43-26-21(25(38)35(26)22(15)27(39)40)32-23(36)20(18-13-44-28(29)31-18)33-42-17-4-2-3-5-17/h6-7,10-11,13,17,21,26H,2-5,8-9,12H2,1H3,(H2,29,31)(H,32,36)(H,39,40)/b14-10?,33-20-/t21-,26-/m1/s1. The van der Waals surface area contributed by atoms with E-state index in [1.807, 2.05) is 0 Å². The van der Waals surface area contributed by atoms with Crippen LogP contribution in [0.3, 0.4) is 0 Å². The number of amides is 3. The number of allylic oxidation sites excluding steroid dienone is 1. The number of thioether (sulfide) groups is 1. The summed E-state index contributed by atoms with van der Waals surface area (Å²) in [4.78, 5) is 68.8. The van der Waals surface area contributed by atoms with Crippen LogP contribution in [-0.4, -0.2) is 86.3 Å². The van der Waals surface area contributed by atoms with Gasteiger partial charge >= 0.3 is 5.97 Å². The number of nitrogen functional groups attached to an aromatic ring is 1. The predicted octanol–water partition coefficient (Wildman–Crippen LogP) is 1.89. The molecule has 2 aromatic heterocycles. The van der Waals surface area contributed by atoms with Gasteiger partial charge in [-0.2, -0.15) is 0 Å². The molecule has 1 saturated carbocycles. The molecule has 0 bridgehead atoms. The van der Waals surface area contributed by atoms with Crippen molar-refractivity contribution in [2.24, 2.45) is 5.16 Å². The van der Waals surface area contributed by atoms with Gasteiger partial charge in [0.05, 0.1) is 19.0 Å². The molecule has 14 nitrogen and oxygen atoms in total. The number of aromatic nitrogens is 2. The zero-order chi connectivity index (χ0) is 31.0. The van der Waals surface area contributed by atoms with E-state index in [-0.39, 0.29) is 40.0 Å². The van der Waals surface area contributed by atoms with Gasteiger partial charge in [0.25, 0.3) is 17.7 Å². The Morgan fingerprint density at radius 2 is 2.05 bits per heavy atom. The van der Waals surface area contributed by atoms with Crippen molar-refractivity contribution in [3.05, 3.63) is 52.3 Å².